The molecule has 1 aromatic heterocycles. The summed E-state index contributed by atoms with van der Waals surface area (Å²) in [5.41, 5.74) is 0. The maximum absolute atomic E-state index is 12.7. The molecule has 2 heterocycles. The number of carboxylic acid groups (broad SMARTS) is 1. The Morgan fingerprint density at radius 3 is 2.73 bits per heavy atom. The molecule has 0 aromatic carbocycles. The van der Waals surface area contributed by atoms with Crippen LogP contribution in [0.25, 0.3) is 0 Å². The van der Waals surface area contributed by atoms with Gasteiger partial charge in [-0.2, -0.15) is 0 Å². The second kappa shape index (κ2) is 5.59. The number of furan rings is 1. The summed E-state index contributed by atoms with van der Waals surface area (Å²) < 4.78 is 5.24. The molecule has 1 aliphatic carbocycles. The first-order chi connectivity index (χ1) is 10.5. The standard InChI is InChI=1S/C16H19NO5/c1-9-4-5-10-11(7-9)16(21)17(15(10)20)12(8-14(18)19)13-3-2-6-22-13/h2-3,6,9-12H,4-5,7-8H2,1H3,(H,18,19)/p-1/t9-,10-,11+,12-/m0/s1. The van der Waals surface area contributed by atoms with Gasteiger partial charge in [-0.05, 0) is 37.3 Å². The van der Waals surface area contributed by atoms with E-state index in [4.69, 9.17) is 4.42 Å². The predicted octanol–water partition coefficient (Wildman–Crippen LogP) is 0.882. The number of hydrogen-bond donors (Lipinski definition) is 0. The van der Waals surface area contributed by atoms with Gasteiger partial charge < -0.3 is 14.3 Å². The summed E-state index contributed by atoms with van der Waals surface area (Å²) in [6, 6.07) is 2.28. The molecular formula is C16H18NO5-. The number of carbonyl (C=O) groups excluding carboxylic acids is 3. The van der Waals surface area contributed by atoms with E-state index in [1.165, 1.54) is 6.26 Å². The highest BCUT2D eigenvalue weighted by molar-refractivity contribution is 6.05. The summed E-state index contributed by atoms with van der Waals surface area (Å²) in [7, 11) is 0. The van der Waals surface area contributed by atoms with E-state index in [1.54, 1.807) is 12.1 Å². The number of carbonyl (C=O) groups is 3. The van der Waals surface area contributed by atoms with Gasteiger partial charge in [-0.25, -0.2) is 0 Å². The smallest absolute Gasteiger partial charge is 0.233 e. The minimum absolute atomic E-state index is 0.274. The Balaban J connectivity index is 1.92. The molecule has 0 spiro atoms. The molecule has 0 bridgehead atoms. The Labute approximate surface area is 128 Å². The van der Waals surface area contributed by atoms with E-state index in [2.05, 4.69) is 6.92 Å². The number of likely N-dealkylation sites (tertiary alicyclic amines) is 1. The predicted molar refractivity (Wildman–Crippen MR) is 72.9 cm³/mol. The third-order valence-electron chi connectivity index (χ3n) is 4.77. The van der Waals surface area contributed by atoms with Gasteiger partial charge in [-0.3, -0.25) is 14.5 Å². The highest BCUT2D eigenvalue weighted by Gasteiger charge is 2.52. The molecule has 1 saturated carbocycles. The molecule has 0 N–H and O–H groups in total. The van der Waals surface area contributed by atoms with Crippen molar-refractivity contribution in [1.82, 2.24) is 4.90 Å². The number of rotatable bonds is 4. The van der Waals surface area contributed by atoms with Gasteiger partial charge in [0.05, 0.1) is 18.1 Å². The first-order valence-electron chi connectivity index (χ1n) is 7.59. The molecule has 2 fully saturated rings. The number of aliphatic carboxylic acids is 1. The number of imide groups is 1. The van der Waals surface area contributed by atoms with Crippen molar-refractivity contribution in [3.05, 3.63) is 24.2 Å². The summed E-state index contributed by atoms with van der Waals surface area (Å²) in [6.07, 6.45) is 3.24. The number of hydrogen-bond acceptors (Lipinski definition) is 5. The van der Waals surface area contributed by atoms with Crippen LogP contribution in [0.4, 0.5) is 0 Å². The van der Waals surface area contributed by atoms with Crippen LogP contribution in [0.5, 0.6) is 0 Å². The number of amides is 2. The summed E-state index contributed by atoms with van der Waals surface area (Å²) in [5.74, 6) is -1.80. The van der Waals surface area contributed by atoms with Crippen molar-refractivity contribution in [3.8, 4) is 0 Å². The molecular weight excluding hydrogens is 286 g/mol. The fourth-order valence-corrected chi connectivity index (χ4v) is 3.68. The summed E-state index contributed by atoms with van der Waals surface area (Å²) >= 11 is 0. The Hall–Kier alpha value is -2.11. The third-order valence-corrected chi connectivity index (χ3v) is 4.77. The fraction of sp³-hybridized carbons (Fsp3) is 0.562. The molecule has 4 atom stereocenters. The number of nitrogens with zero attached hydrogens (tertiary/aromatic N) is 1. The van der Waals surface area contributed by atoms with Crippen LogP contribution in [-0.4, -0.2) is 22.7 Å². The van der Waals surface area contributed by atoms with Crippen LogP contribution in [0, 0.1) is 17.8 Å². The minimum atomic E-state index is -1.31. The van der Waals surface area contributed by atoms with E-state index >= 15 is 0 Å². The summed E-state index contributed by atoms with van der Waals surface area (Å²) in [6.45, 7) is 2.07. The molecule has 0 radical (unpaired) electrons. The van der Waals surface area contributed by atoms with Crippen molar-refractivity contribution >= 4 is 17.8 Å². The van der Waals surface area contributed by atoms with Gasteiger partial charge >= 0.3 is 0 Å². The van der Waals surface area contributed by atoms with Gasteiger partial charge in [0.2, 0.25) is 11.8 Å². The topological polar surface area (TPSA) is 90.7 Å². The molecule has 6 nitrogen and oxygen atoms in total. The molecule has 3 rings (SSSR count). The SMILES string of the molecule is C[C@H]1CC[C@@H]2C(=O)N([C@@H](CC(=O)[O-])c3ccco3)C(=O)[C@@H]2C1. The van der Waals surface area contributed by atoms with Crippen molar-refractivity contribution in [3.63, 3.8) is 0 Å². The lowest BCUT2D eigenvalue weighted by Crippen LogP contribution is -2.38. The number of carboxylic acids is 1. The highest BCUT2D eigenvalue weighted by atomic mass is 16.4. The molecule has 22 heavy (non-hydrogen) atoms. The zero-order valence-corrected chi connectivity index (χ0v) is 12.4. The maximum atomic E-state index is 12.7. The Kier molecular flexibility index (Phi) is 3.76. The van der Waals surface area contributed by atoms with E-state index in [-0.39, 0.29) is 23.7 Å². The first-order valence-corrected chi connectivity index (χ1v) is 7.59. The minimum Gasteiger partial charge on any atom is -0.550 e. The van der Waals surface area contributed by atoms with E-state index in [9.17, 15) is 19.5 Å². The zero-order chi connectivity index (χ0) is 15.9. The van der Waals surface area contributed by atoms with Crippen LogP contribution >= 0.6 is 0 Å². The molecule has 1 aliphatic heterocycles. The molecule has 2 amide bonds. The molecule has 6 heteroatoms. The Bertz CT molecular complexity index is 594. The summed E-state index contributed by atoms with van der Waals surface area (Å²) in [4.78, 5) is 37.4. The van der Waals surface area contributed by atoms with E-state index < -0.39 is 18.4 Å². The molecule has 2 aliphatic rings. The van der Waals surface area contributed by atoms with Crippen molar-refractivity contribution in [2.24, 2.45) is 17.8 Å². The molecule has 1 saturated heterocycles. The second-order valence-electron chi connectivity index (χ2n) is 6.29. The lowest BCUT2D eigenvalue weighted by Gasteiger charge is -2.25. The highest BCUT2D eigenvalue weighted by Crippen LogP contribution is 2.43. The van der Waals surface area contributed by atoms with Crippen LogP contribution in [0.15, 0.2) is 22.8 Å². The van der Waals surface area contributed by atoms with Crippen LogP contribution in [-0.2, 0) is 14.4 Å². The van der Waals surface area contributed by atoms with Crippen LogP contribution < -0.4 is 5.11 Å². The third kappa shape index (κ3) is 2.42. The normalized spacial score (nSPS) is 29.5. The van der Waals surface area contributed by atoms with Gasteiger partial charge in [0.1, 0.15) is 11.8 Å². The average Bonchev–Trinajstić information content (AvgIpc) is 3.06. The lowest BCUT2D eigenvalue weighted by molar-refractivity contribution is -0.306. The van der Waals surface area contributed by atoms with Gasteiger partial charge in [0.25, 0.3) is 0 Å². The molecule has 118 valence electrons. The van der Waals surface area contributed by atoms with Crippen LogP contribution in [0.3, 0.4) is 0 Å². The second-order valence-corrected chi connectivity index (χ2v) is 6.29. The van der Waals surface area contributed by atoms with Gasteiger partial charge in [0, 0.05) is 12.4 Å². The van der Waals surface area contributed by atoms with Gasteiger partial charge in [-0.15, -0.1) is 0 Å². The maximum Gasteiger partial charge on any atom is 0.233 e. The Morgan fingerprint density at radius 1 is 1.36 bits per heavy atom. The van der Waals surface area contributed by atoms with Crippen molar-refractivity contribution in [2.75, 3.05) is 0 Å². The van der Waals surface area contributed by atoms with Gasteiger partial charge in [0.15, 0.2) is 0 Å². The average molecular weight is 304 g/mol. The fourth-order valence-electron chi connectivity index (χ4n) is 3.68. The zero-order valence-electron chi connectivity index (χ0n) is 12.4. The van der Waals surface area contributed by atoms with Crippen molar-refractivity contribution in [2.45, 2.75) is 38.6 Å². The monoisotopic (exact) mass is 304 g/mol. The lowest BCUT2D eigenvalue weighted by atomic mass is 9.76. The largest absolute Gasteiger partial charge is 0.550 e. The van der Waals surface area contributed by atoms with E-state index in [1.807, 2.05) is 0 Å². The van der Waals surface area contributed by atoms with Crippen LogP contribution in [0.2, 0.25) is 0 Å². The van der Waals surface area contributed by atoms with Crippen LogP contribution in [0.1, 0.15) is 44.4 Å². The van der Waals surface area contributed by atoms with E-state index in [0.717, 1.165) is 11.3 Å². The molecule has 0 unspecified atom stereocenters. The molecule has 1 aromatic rings. The summed E-state index contributed by atoms with van der Waals surface area (Å²) in [5, 5.41) is 11.0. The van der Waals surface area contributed by atoms with Gasteiger partial charge in [-0.1, -0.05) is 6.92 Å². The number of fused-ring (bicyclic) bond motifs is 1. The van der Waals surface area contributed by atoms with Crippen molar-refractivity contribution < 1.29 is 23.9 Å². The quantitative estimate of drug-likeness (QED) is 0.770. The van der Waals surface area contributed by atoms with E-state index in [0.29, 0.717) is 24.5 Å². The Morgan fingerprint density at radius 2 is 2.09 bits per heavy atom. The van der Waals surface area contributed by atoms with Crippen molar-refractivity contribution in [1.29, 1.82) is 0 Å². The first kappa shape index (κ1) is 14.8.